The molecule has 0 spiro atoms. The molecule has 0 saturated carbocycles. The topological polar surface area (TPSA) is 104 Å². The van der Waals surface area contributed by atoms with Gasteiger partial charge in [0.2, 0.25) is 11.8 Å². The molecule has 2 amide bonds. The number of hydrogen-bond donors (Lipinski definition) is 2. The van der Waals surface area contributed by atoms with E-state index >= 15 is 0 Å². The molecule has 4 rings (SSSR count). The summed E-state index contributed by atoms with van der Waals surface area (Å²) in [6.07, 6.45) is 0. The smallest absolute Gasteiger partial charge is 0.221 e. The van der Waals surface area contributed by atoms with Crippen molar-refractivity contribution in [2.24, 2.45) is 0 Å². The Morgan fingerprint density at radius 2 is 1.05 bits per heavy atom. The second kappa shape index (κ2) is 14.6. The van der Waals surface area contributed by atoms with Crippen LogP contribution >= 0.6 is 0 Å². The first-order valence-electron chi connectivity index (χ1n) is 13.4. The third-order valence-electron chi connectivity index (χ3n) is 6.36. The number of rotatable bonds is 14. The number of amides is 2. The number of anilines is 2. The minimum Gasteiger partial charge on any atom is -0.455 e. The van der Waals surface area contributed by atoms with Crippen LogP contribution in [0.15, 0.2) is 60.7 Å². The Morgan fingerprint density at radius 1 is 0.610 bits per heavy atom. The number of carbonyl (C=O) groups is 2. The second-order valence-corrected chi connectivity index (χ2v) is 9.47. The van der Waals surface area contributed by atoms with Crippen LogP contribution in [0.1, 0.15) is 25.0 Å². The highest BCUT2D eigenvalue weighted by molar-refractivity contribution is 6.07. The van der Waals surface area contributed by atoms with Crippen molar-refractivity contribution in [2.45, 2.75) is 27.1 Å². The molecule has 9 nitrogen and oxygen atoms in total. The average Bonchev–Trinajstić information content (AvgIpc) is 2.94. The number of nitrogens with one attached hydrogen (secondary N) is 2. The van der Waals surface area contributed by atoms with Crippen molar-refractivity contribution >= 4 is 44.7 Å². The SMILES string of the molecule is COCCOCc1ccc2cccc(NC(C)=O)c2c1Oc1c(COCCOC)ccc2cccc(NC(C)=O)c12. The zero-order chi connectivity index (χ0) is 29.2. The van der Waals surface area contributed by atoms with Gasteiger partial charge in [-0.25, -0.2) is 0 Å². The van der Waals surface area contributed by atoms with E-state index in [0.717, 1.165) is 32.7 Å². The van der Waals surface area contributed by atoms with E-state index in [1.54, 1.807) is 14.2 Å². The van der Waals surface area contributed by atoms with Crippen LogP contribution in [0.2, 0.25) is 0 Å². The number of fused-ring (bicyclic) bond motifs is 2. The van der Waals surface area contributed by atoms with Gasteiger partial charge >= 0.3 is 0 Å². The molecule has 2 N–H and O–H groups in total. The zero-order valence-corrected chi connectivity index (χ0v) is 23.9. The predicted molar refractivity (Wildman–Crippen MR) is 160 cm³/mol. The molecule has 0 aliphatic rings. The summed E-state index contributed by atoms with van der Waals surface area (Å²) in [5.74, 6) is 0.672. The summed E-state index contributed by atoms with van der Waals surface area (Å²) in [7, 11) is 3.24. The molecule has 41 heavy (non-hydrogen) atoms. The fourth-order valence-electron chi connectivity index (χ4n) is 4.58. The molecule has 0 atom stereocenters. The lowest BCUT2D eigenvalue weighted by Crippen LogP contribution is -2.09. The minimum atomic E-state index is -0.199. The summed E-state index contributed by atoms with van der Waals surface area (Å²) in [5, 5.41) is 9.11. The molecular formula is C32H36N2O7. The second-order valence-electron chi connectivity index (χ2n) is 9.47. The quantitative estimate of drug-likeness (QED) is 0.182. The Labute approximate surface area is 239 Å². The number of benzene rings is 4. The zero-order valence-electron chi connectivity index (χ0n) is 23.9. The van der Waals surface area contributed by atoms with Gasteiger partial charge in [0, 0.05) is 50.0 Å². The molecule has 4 aromatic carbocycles. The van der Waals surface area contributed by atoms with Crippen molar-refractivity contribution in [3.05, 3.63) is 71.8 Å². The molecule has 0 radical (unpaired) electrons. The first-order chi connectivity index (χ1) is 19.9. The first-order valence-corrected chi connectivity index (χ1v) is 13.4. The van der Waals surface area contributed by atoms with Crippen LogP contribution in [0.4, 0.5) is 11.4 Å². The Balaban J connectivity index is 1.94. The van der Waals surface area contributed by atoms with Crippen molar-refractivity contribution in [2.75, 3.05) is 51.3 Å². The van der Waals surface area contributed by atoms with E-state index in [0.29, 0.717) is 49.3 Å². The van der Waals surface area contributed by atoms with E-state index in [-0.39, 0.29) is 25.0 Å². The van der Waals surface area contributed by atoms with Gasteiger partial charge in [0.1, 0.15) is 11.5 Å². The number of ether oxygens (including phenoxy) is 5. The maximum Gasteiger partial charge on any atom is 0.221 e. The van der Waals surface area contributed by atoms with Crippen molar-refractivity contribution in [3.8, 4) is 11.5 Å². The molecule has 0 bridgehead atoms. The van der Waals surface area contributed by atoms with E-state index in [1.165, 1.54) is 13.8 Å². The molecule has 4 aromatic rings. The summed E-state index contributed by atoms with van der Waals surface area (Å²) < 4.78 is 29.0. The lowest BCUT2D eigenvalue weighted by molar-refractivity contribution is -0.115. The summed E-state index contributed by atoms with van der Waals surface area (Å²) in [6, 6.07) is 19.2. The molecule has 0 unspecified atom stereocenters. The van der Waals surface area contributed by atoms with Crippen LogP contribution in [0.5, 0.6) is 11.5 Å². The van der Waals surface area contributed by atoms with E-state index in [9.17, 15) is 9.59 Å². The van der Waals surface area contributed by atoms with Gasteiger partial charge in [-0.15, -0.1) is 0 Å². The van der Waals surface area contributed by atoms with Gasteiger partial charge in [-0.3, -0.25) is 9.59 Å². The highest BCUT2D eigenvalue weighted by atomic mass is 16.5. The molecule has 0 saturated heterocycles. The molecule has 0 heterocycles. The highest BCUT2D eigenvalue weighted by Crippen LogP contribution is 2.44. The van der Waals surface area contributed by atoms with Crippen molar-refractivity contribution in [1.82, 2.24) is 0 Å². The Morgan fingerprint density at radius 3 is 1.44 bits per heavy atom. The number of carbonyl (C=O) groups excluding carboxylic acids is 2. The van der Waals surface area contributed by atoms with Gasteiger partial charge in [0.05, 0.1) is 51.0 Å². The van der Waals surface area contributed by atoms with Crippen LogP contribution in [-0.2, 0) is 41.8 Å². The van der Waals surface area contributed by atoms with Crippen molar-refractivity contribution in [1.29, 1.82) is 0 Å². The summed E-state index contributed by atoms with van der Waals surface area (Å²) >= 11 is 0. The number of methoxy groups -OCH3 is 2. The Hall–Kier alpha value is -4.02. The molecule has 0 aliphatic carbocycles. The number of hydrogen-bond acceptors (Lipinski definition) is 7. The van der Waals surface area contributed by atoms with Gasteiger partial charge in [-0.05, 0) is 22.9 Å². The maximum absolute atomic E-state index is 12.1. The van der Waals surface area contributed by atoms with Crippen LogP contribution in [-0.4, -0.2) is 52.5 Å². The Bertz CT molecular complexity index is 1410. The maximum atomic E-state index is 12.1. The largest absolute Gasteiger partial charge is 0.455 e. The van der Waals surface area contributed by atoms with Crippen molar-refractivity contribution < 1.29 is 33.3 Å². The molecule has 0 aromatic heterocycles. The monoisotopic (exact) mass is 560 g/mol. The fraction of sp³-hybridized carbons (Fsp3) is 0.312. The average molecular weight is 561 g/mol. The van der Waals surface area contributed by atoms with Crippen LogP contribution in [0, 0.1) is 0 Å². The predicted octanol–water partition coefficient (Wildman–Crippen LogP) is 6.03. The van der Waals surface area contributed by atoms with Gasteiger partial charge in [0.15, 0.2) is 0 Å². The van der Waals surface area contributed by atoms with Gasteiger partial charge in [0.25, 0.3) is 0 Å². The molecule has 9 heteroatoms. The van der Waals surface area contributed by atoms with Gasteiger partial charge in [-0.2, -0.15) is 0 Å². The van der Waals surface area contributed by atoms with E-state index < -0.39 is 0 Å². The molecular weight excluding hydrogens is 524 g/mol. The van der Waals surface area contributed by atoms with E-state index in [1.807, 2.05) is 60.7 Å². The molecule has 0 fully saturated rings. The normalized spacial score (nSPS) is 11.1. The third-order valence-corrected chi connectivity index (χ3v) is 6.36. The lowest BCUT2D eigenvalue weighted by Gasteiger charge is -2.21. The van der Waals surface area contributed by atoms with E-state index in [2.05, 4.69) is 10.6 Å². The van der Waals surface area contributed by atoms with Crippen LogP contribution in [0.25, 0.3) is 21.5 Å². The summed E-state index contributed by atoms with van der Waals surface area (Å²) in [6.45, 7) is 5.16. The first kappa shape index (κ1) is 30.0. The fourth-order valence-corrected chi connectivity index (χ4v) is 4.58. The lowest BCUT2D eigenvalue weighted by atomic mass is 10.0. The molecule has 216 valence electrons. The Kier molecular flexibility index (Phi) is 10.6. The summed E-state index contributed by atoms with van der Waals surface area (Å²) in [4.78, 5) is 24.3. The minimum absolute atomic E-state index is 0.199. The van der Waals surface area contributed by atoms with Gasteiger partial charge < -0.3 is 34.3 Å². The highest BCUT2D eigenvalue weighted by Gasteiger charge is 2.20. The summed E-state index contributed by atoms with van der Waals surface area (Å²) in [5.41, 5.74) is 2.80. The molecule has 0 aliphatic heterocycles. The van der Waals surface area contributed by atoms with Crippen LogP contribution in [0.3, 0.4) is 0 Å². The van der Waals surface area contributed by atoms with E-state index in [4.69, 9.17) is 23.7 Å². The van der Waals surface area contributed by atoms with Crippen molar-refractivity contribution in [3.63, 3.8) is 0 Å². The van der Waals surface area contributed by atoms with Gasteiger partial charge in [-0.1, -0.05) is 48.5 Å². The third kappa shape index (κ3) is 7.59. The van der Waals surface area contributed by atoms with Crippen LogP contribution < -0.4 is 15.4 Å². The standard InChI is InChI=1S/C32H36N2O7/c1-21(35)33-27-9-5-7-23-11-13-25(19-39-17-15-37-3)31(29(23)27)41-32-26(20-40-18-16-38-4)14-12-24-8-6-10-28(30(24)32)34-22(2)36/h5-14H,15-20H2,1-4H3,(H,33,35)(H,34,36).